The van der Waals surface area contributed by atoms with E-state index in [0.29, 0.717) is 23.3 Å². The molecule has 0 radical (unpaired) electrons. The van der Waals surface area contributed by atoms with E-state index in [9.17, 15) is 19.5 Å². The molecule has 2 N–H and O–H groups in total. The van der Waals surface area contributed by atoms with E-state index in [-0.39, 0.29) is 11.3 Å². The number of aliphatic imine (C=N–C) groups is 1. The van der Waals surface area contributed by atoms with Crippen LogP contribution in [0, 0.1) is 0 Å². The van der Waals surface area contributed by atoms with Crippen molar-refractivity contribution in [1.82, 2.24) is 23.6 Å². The fourth-order valence-corrected chi connectivity index (χ4v) is 4.97. The maximum absolute atomic E-state index is 12.8. The number of rotatable bonds is 5. The Kier molecular flexibility index (Phi) is 6.53. The molecular weight excluding hydrogens is 486 g/mol. The fourth-order valence-electron chi connectivity index (χ4n) is 4.97. The van der Waals surface area contributed by atoms with Gasteiger partial charge in [-0.05, 0) is 37.2 Å². The highest BCUT2D eigenvalue weighted by Gasteiger charge is 2.21. The molecule has 38 heavy (non-hydrogen) atoms. The van der Waals surface area contributed by atoms with Crippen molar-refractivity contribution >= 4 is 28.6 Å². The smallest absolute Gasteiger partial charge is 0.335 e. The van der Waals surface area contributed by atoms with Crippen LogP contribution in [0.1, 0.15) is 18.1 Å². The summed E-state index contributed by atoms with van der Waals surface area (Å²) >= 11 is 0. The van der Waals surface area contributed by atoms with Crippen LogP contribution in [-0.4, -0.2) is 68.1 Å². The number of aromatic nitrogens is 4. The number of aromatic amines is 1. The quantitative estimate of drug-likeness (QED) is 0.387. The lowest BCUT2D eigenvalue weighted by Gasteiger charge is -2.34. The summed E-state index contributed by atoms with van der Waals surface area (Å²) in [7, 11) is 5.50. The Morgan fingerprint density at radius 1 is 0.947 bits per heavy atom. The van der Waals surface area contributed by atoms with Gasteiger partial charge in [0.15, 0.2) is 0 Å². The van der Waals surface area contributed by atoms with Gasteiger partial charge in [0.1, 0.15) is 5.56 Å². The predicted molar refractivity (Wildman–Crippen MR) is 149 cm³/mol. The Balaban J connectivity index is 1.67. The van der Waals surface area contributed by atoms with Crippen LogP contribution in [-0.2, 0) is 20.5 Å². The zero-order chi connectivity index (χ0) is 27.1. The van der Waals surface area contributed by atoms with Crippen LogP contribution >= 0.6 is 0 Å². The maximum Gasteiger partial charge on any atom is 0.335 e. The topological polar surface area (TPSA) is 121 Å². The molecular formula is C27H31N7O4. The van der Waals surface area contributed by atoms with E-state index in [0.717, 1.165) is 47.5 Å². The van der Waals surface area contributed by atoms with Crippen molar-refractivity contribution in [2.75, 3.05) is 38.1 Å². The average Bonchev–Trinajstić information content (AvgIpc) is 3.11. The number of nitrogens with one attached hydrogen (secondary N) is 1. The summed E-state index contributed by atoms with van der Waals surface area (Å²) in [6.45, 7) is 5.24. The summed E-state index contributed by atoms with van der Waals surface area (Å²) in [6, 6.07) is 11.0. The number of aryl methyl sites for hydroxylation is 3. The van der Waals surface area contributed by atoms with Gasteiger partial charge in [0.05, 0.1) is 28.1 Å². The van der Waals surface area contributed by atoms with Gasteiger partial charge in [-0.15, -0.1) is 0 Å². The summed E-state index contributed by atoms with van der Waals surface area (Å²) in [4.78, 5) is 49.5. The third-order valence-electron chi connectivity index (χ3n) is 7.28. The summed E-state index contributed by atoms with van der Waals surface area (Å²) in [6.07, 6.45) is 1.91. The predicted octanol–water partition coefficient (Wildman–Crippen LogP) is 1.49. The molecule has 1 aliphatic heterocycles. The van der Waals surface area contributed by atoms with Gasteiger partial charge in [-0.25, -0.2) is 14.2 Å². The Morgan fingerprint density at radius 2 is 1.61 bits per heavy atom. The Bertz CT molecular complexity index is 1730. The first-order valence-electron chi connectivity index (χ1n) is 12.5. The van der Waals surface area contributed by atoms with Crippen molar-refractivity contribution in [3.05, 3.63) is 78.8 Å². The van der Waals surface area contributed by atoms with Crippen LogP contribution in [0.2, 0.25) is 0 Å². The number of hydrogen-bond acceptors (Lipinski definition) is 7. The normalized spacial score (nSPS) is 14.7. The third kappa shape index (κ3) is 4.24. The number of piperazine rings is 1. The number of fused-ring (bicyclic) bond motifs is 1. The highest BCUT2D eigenvalue weighted by Crippen LogP contribution is 2.34. The molecule has 0 saturated carbocycles. The maximum atomic E-state index is 12.8. The Labute approximate surface area is 218 Å². The van der Waals surface area contributed by atoms with E-state index in [2.05, 4.69) is 26.8 Å². The molecule has 4 aromatic rings. The molecule has 5 rings (SSSR count). The number of nitrogens with zero attached hydrogens (tertiary/aromatic N) is 6. The number of anilines is 1. The molecule has 198 valence electrons. The number of aromatic hydroxyl groups is 1. The van der Waals surface area contributed by atoms with Crippen molar-refractivity contribution in [3.63, 3.8) is 0 Å². The van der Waals surface area contributed by atoms with E-state index in [1.807, 2.05) is 31.2 Å². The van der Waals surface area contributed by atoms with Crippen molar-refractivity contribution in [2.45, 2.75) is 13.3 Å². The minimum absolute atomic E-state index is 0.137. The summed E-state index contributed by atoms with van der Waals surface area (Å²) in [5.41, 5.74) is 2.41. The highest BCUT2D eigenvalue weighted by atomic mass is 16.3. The third-order valence-corrected chi connectivity index (χ3v) is 7.28. The van der Waals surface area contributed by atoms with Gasteiger partial charge in [0.2, 0.25) is 5.88 Å². The van der Waals surface area contributed by atoms with E-state index in [1.165, 1.54) is 6.21 Å². The molecule has 1 aliphatic rings. The molecule has 0 aliphatic carbocycles. The summed E-state index contributed by atoms with van der Waals surface area (Å²) in [5, 5.41) is 11.1. The Morgan fingerprint density at radius 3 is 2.29 bits per heavy atom. The largest absolute Gasteiger partial charge is 0.493 e. The van der Waals surface area contributed by atoms with Crippen molar-refractivity contribution < 1.29 is 5.11 Å². The number of hydrogen-bond donors (Lipinski definition) is 2. The van der Waals surface area contributed by atoms with Gasteiger partial charge in [-0.2, -0.15) is 0 Å². The van der Waals surface area contributed by atoms with Gasteiger partial charge in [0, 0.05) is 46.5 Å². The van der Waals surface area contributed by atoms with Crippen LogP contribution in [0.4, 0.5) is 11.4 Å². The lowest BCUT2D eigenvalue weighted by atomic mass is 10.1. The SMILES string of the molecule is CCc1ccccc1-n1c(O)c(C=Nc2cc3c(cc2N2CCN(C)CC2)n(C)c(=O)n3C)c(=O)[nH]c1=O. The van der Waals surface area contributed by atoms with E-state index in [1.54, 1.807) is 35.4 Å². The van der Waals surface area contributed by atoms with E-state index >= 15 is 0 Å². The van der Waals surface area contributed by atoms with Crippen molar-refractivity contribution in [3.8, 4) is 11.6 Å². The second kappa shape index (κ2) is 9.82. The standard InChI is InChI=1S/C27H31N7O4/c1-5-17-8-6-7-9-20(17)34-25(36)18(24(35)29-26(34)37)16-28-19-14-22-23(32(4)27(38)31(22)3)15-21(19)33-12-10-30(2)11-13-33/h6-9,14-16,36H,5,10-13H2,1-4H3,(H,29,35,37). The molecule has 1 saturated heterocycles. The van der Waals surface area contributed by atoms with Gasteiger partial charge in [0.25, 0.3) is 5.56 Å². The van der Waals surface area contributed by atoms with Crippen molar-refractivity contribution in [2.24, 2.45) is 19.1 Å². The van der Waals surface area contributed by atoms with E-state index in [4.69, 9.17) is 0 Å². The molecule has 0 bridgehead atoms. The van der Waals surface area contributed by atoms with Gasteiger partial charge >= 0.3 is 11.4 Å². The fraction of sp³-hybridized carbons (Fsp3) is 0.333. The molecule has 11 heteroatoms. The second-order valence-corrected chi connectivity index (χ2v) is 9.59. The molecule has 0 atom stereocenters. The molecule has 1 fully saturated rings. The van der Waals surface area contributed by atoms with E-state index < -0.39 is 17.1 Å². The molecule has 0 spiro atoms. The first-order valence-corrected chi connectivity index (χ1v) is 12.5. The highest BCUT2D eigenvalue weighted by molar-refractivity contribution is 5.92. The van der Waals surface area contributed by atoms with Crippen LogP contribution in [0.15, 0.2) is 55.8 Å². The first kappa shape index (κ1) is 25.3. The minimum atomic E-state index is -0.740. The lowest BCUT2D eigenvalue weighted by Crippen LogP contribution is -2.44. The van der Waals surface area contributed by atoms with Gasteiger partial charge in [-0.3, -0.25) is 23.9 Å². The number of imidazole rings is 1. The molecule has 11 nitrogen and oxygen atoms in total. The average molecular weight is 518 g/mol. The number of likely N-dealkylation sites (N-methyl/N-ethyl adjacent to an activating group) is 1. The second-order valence-electron chi connectivity index (χ2n) is 9.59. The van der Waals surface area contributed by atoms with Crippen LogP contribution in [0.5, 0.6) is 5.88 Å². The molecule has 0 amide bonds. The van der Waals surface area contributed by atoms with Crippen LogP contribution in [0.3, 0.4) is 0 Å². The number of benzene rings is 2. The number of H-pyrrole nitrogens is 1. The lowest BCUT2D eigenvalue weighted by molar-refractivity contribution is 0.313. The number of para-hydroxylation sites is 1. The summed E-state index contributed by atoms with van der Waals surface area (Å²) in [5.74, 6) is -0.488. The first-order chi connectivity index (χ1) is 18.2. The zero-order valence-corrected chi connectivity index (χ0v) is 21.9. The zero-order valence-electron chi connectivity index (χ0n) is 21.9. The molecule has 3 heterocycles. The minimum Gasteiger partial charge on any atom is -0.493 e. The van der Waals surface area contributed by atoms with Crippen molar-refractivity contribution in [1.29, 1.82) is 0 Å². The van der Waals surface area contributed by atoms with Crippen LogP contribution < -0.4 is 21.8 Å². The molecule has 0 unspecified atom stereocenters. The Hall–Kier alpha value is -4.38. The molecule has 2 aromatic carbocycles. The summed E-state index contributed by atoms with van der Waals surface area (Å²) < 4.78 is 4.24. The monoisotopic (exact) mass is 517 g/mol. The van der Waals surface area contributed by atoms with Crippen LogP contribution in [0.25, 0.3) is 16.7 Å². The molecule has 2 aromatic heterocycles. The van der Waals surface area contributed by atoms with Gasteiger partial charge in [-0.1, -0.05) is 25.1 Å². The van der Waals surface area contributed by atoms with Gasteiger partial charge < -0.3 is 14.9 Å².